The number of nitrogens with two attached hydrogens (primary N) is 1. The normalized spacial score (nSPS) is 11.4. The first kappa shape index (κ1) is 11.6. The second-order valence-corrected chi connectivity index (χ2v) is 5.17. The van der Waals surface area contributed by atoms with Crippen molar-refractivity contribution in [2.24, 2.45) is 0 Å². The van der Waals surface area contributed by atoms with Crippen molar-refractivity contribution >= 4 is 21.6 Å². The molecule has 78 valence electrons. The van der Waals surface area contributed by atoms with Crippen molar-refractivity contribution in [2.75, 3.05) is 5.73 Å². The van der Waals surface area contributed by atoms with Crippen LogP contribution in [0.15, 0.2) is 16.6 Å². The Labute approximate surface area is 94.8 Å². The van der Waals surface area contributed by atoms with Crippen LogP contribution in [0.4, 0.5) is 5.69 Å². The lowest BCUT2D eigenvalue weighted by Gasteiger charge is -2.15. The SMILES string of the molecule is CC(C)c1cc(Br)c(N)c(C(C)C)c1. The number of benzene rings is 1. The average Bonchev–Trinajstić information content (AvgIpc) is 2.08. The van der Waals surface area contributed by atoms with Crippen molar-refractivity contribution in [3.05, 3.63) is 27.7 Å². The highest BCUT2D eigenvalue weighted by atomic mass is 79.9. The maximum absolute atomic E-state index is 6.01. The van der Waals surface area contributed by atoms with Crippen LogP contribution in [0.5, 0.6) is 0 Å². The van der Waals surface area contributed by atoms with Gasteiger partial charge >= 0.3 is 0 Å². The largest absolute Gasteiger partial charge is 0.398 e. The molecule has 1 rings (SSSR count). The Morgan fingerprint density at radius 1 is 1.07 bits per heavy atom. The summed E-state index contributed by atoms with van der Waals surface area (Å²) in [5.74, 6) is 1.02. The number of halogens is 1. The molecule has 2 heteroatoms. The van der Waals surface area contributed by atoms with Gasteiger partial charge in [0, 0.05) is 10.2 Å². The van der Waals surface area contributed by atoms with Crippen LogP contribution in [0.2, 0.25) is 0 Å². The van der Waals surface area contributed by atoms with Crippen LogP contribution < -0.4 is 5.73 Å². The molecule has 0 saturated carbocycles. The average molecular weight is 256 g/mol. The second-order valence-electron chi connectivity index (χ2n) is 4.32. The van der Waals surface area contributed by atoms with E-state index < -0.39 is 0 Å². The summed E-state index contributed by atoms with van der Waals surface area (Å²) in [4.78, 5) is 0. The van der Waals surface area contributed by atoms with E-state index in [1.54, 1.807) is 0 Å². The monoisotopic (exact) mass is 255 g/mol. The highest BCUT2D eigenvalue weighted by Gasteiger charge is 2.10. The van der Waals surface area contributed by atoms with Gasteiger partial charge in [-0.15, -0.1) is 0 Å². The molecule has 0 aliphatic heterocycles. The fourth-order valence-electron chi connectivity index (χ4n) is 1.47. The number of hydrogen-bond acceptors (Lipinski definition) is 1. The number of anilines is 1. The van der Waals surface area contributed by atoms with Gasteiger partial charge < -0.3 is 5.73 Å². The Hall–Kier alpha value is -0.500. The van der Waals surface area contributed by atoms with E-state index in [-0.39, 0.29) is 0 Å². The van der Waals surface area contributed by atoms with Gasteiger partial charge in [0.05, 0.1) is 0 Å². The predicted octanol–water partition coefficient (Wildman–Crippen LogP) is 4.28. The second kappa shape index (κ2) is 4.35. The van der Waals surface area contributed by atoms with Gasteiger partial charge in [0.25, 0.3) is 0 Å². The highest BCUT2D eigenvalue weighted by molar-refractivity contribution is 9.10. The lowest BCUT2D eigenvalue weighted by Crippen LogP contribution is -2.00. The molecule has 0 atom stereocenters. The summed E-state index contributed by atoms with van der Waals surface area (Å²) in [5, 5.41) is 0. The number of hydrogen-bond donors (Lipinski definition) is 1. The van der Waals surface area contributed by atoms with Crippen LogP contribution in [-0.4, -0.2) is 0 Å². The third-order valence-electron chi connectivity index (χ3n) is 2.47. The first-order valence-corrected chi connectivity index (χ1v) is 5.81. The van der Waals surface area contributed by atoms with Crippen molar-refractivity contribution in [3.63, 3.8) is 0 Å². The summed E-state index contributed by atoms with van der Waals surface area (Å²) in [6, 6.07) is 4.33. The zero-order valence-electron chi connectivity index (χ0n) is 9.26. The molecule has 1 aromatic rings. The smallest absolute Gasteiger partial charge is 0.0493 e. The van der Waals surface area contributed by atoms with Crippen molar-refractivity contribution in [2.45, 2.75) is 39.5 Å². The molecule has 0 aliphatic rings. The van der Waals surface area contributed by atoms with E-state index in [0.29, 0.717) is 11.8 Å². The van der Waals surface area contributed by atoms with Crippen molar-refractivity contribution in [3.8, 4) is 0 Å². The summed E-state index contributed by atoms with van der Waals surface area (Å²) < 4.78 is 1.02. The summed E-state index contributed by atoms with van der Waals surface area (Å²) >= 11 is 3.51. The molecular formula is C12H18BrN. The molecule has 14 heavy (non-hydrogen) atoms. The molecule has 0 radical (unpaired) electrons. The lowest BCUT2D eigenvalue weighted by atomic mass is 9.94. The van der Waals surface area contributed by atoms with Gasteiger partial charge in [0.15, 0.2) is 0 Å². The van der Waals surface area contributed by atoms with Gasteiger partial charge in [-0.25, -0.2) is 0 Å². The number of rotatable bonds is 2. The van der Waals surface area contributed by atoms with Gasteiger partial charge in [-0.3, -0.25) is 0 Å². The summed E-state index contributed by atoms with van der Waals surface area (Å²) in [6.07, 6.45) is 0. The molecule has 0 bridgehead atoms. The molecule has 0 heterocycles. The minimum atomic E-state index is 0.477. The molecule has 0 aromatic heterocycles. The first-order valence-electron chi connectivity index (χ1n) is 5.02. The Bertz CT molecular complexity index is 329. The minimum absolute atomic E-state index is 0.477. The fourth-order valence-corrected chi connectivity index (χ4v) is 1.97. The van der Waals surface area contributed by atoms with Crippen LogP contribution in [0, 0.1) is 0 Å². The molecule has 0 saturated heterocycles. The Balaban J connectivity index is 3.28. The molecule has 1 nitrogen and oxygen atoms in total. The topological polar surface area (TPSA) is 26.0 Å². The van der Waals surface area contributed by atoms with E-state index in [4.69, 9.17) is 5.73 Å². The standard InChI is InChI=1S/C12H18BrN/c1-7(2)9-5-10(8(3)4)12(14)11(13)6-9/h5-8H,14H2,1-4H3. The van der Waals surface area contributed by atoms with Gasteiger partial charge in [0.2, 0.25) is 0 Å². The molecule has 2 N–H and O–H groups in total. The van der Waals surface area contributed by atoms with Gasteiger partial charge in [-0.2, -0.15) is 0 Å². The summed E-state index contributed by atoms with van der Waals surface area (Å²) in [7, 11) is 0. The van der Waals surface area contributed by atoms with Crippen LogP contribution in [0.25, 0.3) is 0 Å². The molecule has 0 unspecified atom stereocenters. The van der Waals surface area contributed by atoms with Crippen LogP contribution >= 0.6 is 15.9 Å². The molecule has 0 fully saturated rings. The van der Waals surface area contributed by atoms with E-state index in [9.17, 15) is 0 Å². The maximum atomic E-state index is 6.01. The molecular weight excluding hydrogens is 238 g/mol. The lowest BCUT2D eigenvalue weighted by molar-refractivity contribution is 0.835. The molecule has 1 aromatic carbocycles. The zero-order chi connectivity index (χ0) is 10.9. The Kier molecular flexibility index (Phi) is 3.59. The van der Waals surface area contributed by atoms with E-state index in [1.807, 2.05) is 0 Å². The maximum Gasteiger partial charge on any atom is 0.0493 e. The van der Waals surface area contributed by atoms with Gasteiger partial charge in [0.1, 0.15) is 0 Å². The van der Waals surface area contributed by atoms with E-state index >= 15 is 0 Å². The van der Waals surface area contributed by atoms with Gasteiger partial charge in [-0.05, 0) is 45.0 Å². The third kappa shape index (κ3) is 2.30. The van der Waals surface area contributed by atoms with E-state index in [2.05, 4.69) is 55.8 Å². The van der Waals surface area contributed by atoms with Crippen molar-refractivity contribution in [1.29, 1.82) is 0 Å². The van der Waals surface area contributed by atoms with E-state index in [1.165, 1.54) is 11.1 Å². The van der Waals surface area contributed by atoms with Crippen LogP contribution in [0.3, 0.4) is 0 Å². The van der Waals surface area contributed by atoms with Crippen LogP contribution in [0.1, 0.15) is 50.7 Å². The van der Waals surface area contributed by atoms with Gasteiger partial charge in [-0.1, -0.05) is 33.8 Å². The highest BCUT2D eigenvalue weighted by Crippen LogP contribution is 2.32. The molecule has 0 aliphatic carbocycles. The van der Waals surface area contributed by atoms with Crippen molar-refractivity contribution in [1.82, 2.24) is 0 Å². The fraction of sp³-hybridized carbons (Fsp3) is 0.500. The first-order chi connectivity index (χ1) is 6.43. The quantitative estimate of drug-likeness (QED) is 0.785. The Morgan fingerprint density at radius 2 is 1.64 bits per heavy atom. The van der Waals surface area contributed by atoms with E-state index in [0.717, 1.165) is 10.2 Å². The Morgan fingerprint density at radius 3 is 2.07 bits per heavy atom. The zero-order valence-corrected chi connectivity index (χ0v) is 10.9. The molecule has 0 amide bonds. The molecule has 0 spiro atoms. The summed E-state index contributed by atoms with van der Waals surface area (Å²) in [6.45, 7) is 8.73. The van der Waals surface area contributed by atoms with Crippen molar-refractivity contribution < 1.29 is 0 Å². The predicted molar refractivity (Wildman–Crippen MR) is 66.7 cm³/mol. The van der Waals surface area contributed by atoms with Crippen LogP contribution in [-0.2, 0) is 0 Å². The number of nitrogen functional groups attached to an aromatic ring is 1. The third-order valence-corrected chi connectivity index (χ3v) is 3.13. The summed E-state index contributed by atoms with van der Waals surface area (Å²) in [5.41, 5.74) is 9.47. The minimum Gasteiger partial charge on any atom is -0.398 e.